The van der Waals surface area contributed by atoms with Gasteiger partial charge in [0.1, 0.15) is 11.9 Å². The number of carbonyl (C=O) groups is 3. The molecule has 5 nitrogen and oxygen atoms in total. The summed E-state index contributed by atoms with van der Waals surface area (Å²) in [6, 6.07) is 0. The van der Waals surface area contributed by atoms with Crippen molar-refractivity contribution in [2.75, 3.05) is 0 Å². The molecule has 3 aliphatic carbocycles. The first-order valence-corrected chi connectivity index (χ1v) is 13.3. The molecule has 0 amide bonds. The molecule has 0 spiro atoms. The van der Waals surface area contributed by atoms with E-state index < -0.39 is 17.3 Å². The van der Waals surface area contributed by atoms with Crippen LogP contribution >= 0.6 is 0 Å². The molecule has 3 fully saturated rings. The average molecular weight is 463 g/mol. The van der Waals surface area contributed by atoms with Crippen LogP contribution in [-0.4, -0.2) is 28.9 Å². The largest absolute Gasteiger partial charge is 0.481 e. The highest BCUT2D eigenvalue weighted by molar-refractivity contribution is 5.87. The van der Waals surface area contributed by atoms with E-state index in [1.165, 1.54) is 26.2 Å². The van der Waals surface area contributed by atoms with Crippen molar-refractivity contribution < 1.29 is 24.2 Å². The minimum atomic E-state index is -0.722. The number of rotatable bonds is 8. The summed E-state index contributed by atoms with van der Waals surface area (Å²) in [5.41, 5.74) is -0.590. The lowest BCUT2D eigenvalue weighted by molar-refractivity contribution is -0.165. The molecule has 0 heterocycles. The summed E-state index contributed by atoms with van der Waals surface area (Å²) in [6.45, 7) is 12.6. The Morgan fingerprint density at radius 2 is 1.73 bits per heavy atom. The van der Waals surface area contributed by atoms with E-state index in [0.717, 1.165) is 31.6 Å². The standard InChI is InChI=1S/C28H46O5/c1-17(2)8-7-9-18(3)21-10-11-22-25(26(31)32)23(13-15-27(21,22)5)28(6)14-12-20(16-24(28)30)33-19(4)29/h17-18,20-23,25H,7-16H2,1-6H3,(H,31,32)/t18?,20?,21?,22?,23?,25?,27-,28-/m0/s1. The maximum Gasteiger partial charge on any atom is 0.307 e. The fourth-order valence-electron chi connectivity index (χ4n) is 8.09. The summed E-state index contributed by atoms with van der Waals surface area (Å²) >= 11 is 0. The molecular formula is C28H46O5. The Morgan fingerprint density at radius 1 is 1.03 bits per heavy atom. The number of ketones is 1. The van der Waals surface area contributed by atoms with Gasteiger partial charge in [0.2, 0.25) is 0 Å². The van der Waals surface area contributed by atoms with Crippen LogP contribution in [0.2, 0.25) is 0 Å². The molecule has 5 heteroatoms. The van der Waals surface area contributed by atoms with Gasteiger partial charge in [0.05, 0.1) is 5.92 Å². The van der Waals surface area contributed by atoms with Gasteiger partial charge >= 0.3 is 11.9 Å². The predicted molar refractivity (Wildman–Crippen MR) is 129 cm³/mol. The van der Waals surface area contributed by atoms with Crippen LogP contribution in [-0.2, 0) is 19.1 Å². The molecule has 0 saturated heterocycles. The molecule has 0 aromatic carbocycles. The molecular weight excluding hydrogens is 416 g/mol. The van der Waals surface area contributed by atoms with Crippen molar-refractivity contribution in [2.45, 2.75) is 112 Å². The second kappa shape index (κ2) is 10.1. The molecule has 1 N–H and O–H groups in total. The van der Waals surface area contributed by atoms with Crippen LogP contribution in [0, 0.1) is 46.3 Å². The fourth-order valence-corrected chi connectivity index (χ4v) is 8.09. The van der Waals surface area contributed by atoms with Gasteiger partial charge in [-0.15, -0.1) is 0 Å². The number of aliphatic carboxylic acids is 1. The third kappa shape index (κ3) is 5.17. The van der Waals surface area contributed by atoms with Crippen LogP contribution in [0.1, 0.15) is 106 Å². The molecule has 188 valence electrons. The number of Topliss-reactive ketones (excluding diaryl/α,β-unsaturated/α-hetero) is 1. The van der Waals surface area contributed by atoms with Crippen molar-refractivity contribution >= 4 is 17.7 Å². The van der Waals surface area contributed by atoms with Gasteiger partial charge in [0.25, 0.3) is 0 Å². The minimum Gasteiger partial charge on any atom is -0.481 e. The number of carbonyl (C=O) groups excluding carboxylic acids is 2. The third-order valence-electron chi connectivity index (χ3n) is 9.94. The summed E-state index contributed by atoms with van der Waals surface area (Å²) in [5, 5.41) is 10.4. The van der Waals surface area contributed by atoms with E-state index in [1.807, 2.05) is 6.92 Å². The number of carboxylic acids is 1. The lowest BCUT2D eigenvalue weighted by Gasteiger charge is -2.53. The van der Waals surface area contributed by atoms with E-state index in [2.05, 4.69) is 27.7 Å². The van der Waals surface area contributed by atoms with Crippen LogP contribution in [0.3, 0.4) is 0 Å². The van der Waals surface area contributed by atoms with E-state index in [4.69, 9.17) is 4.74 Å². The molecule has 0 bridgehead atoms. The normalized spacial score (nSPS) is 39.8. The van der Waals surface area contributed by atoms with E-state index >= 15 is 0 Å². The third-order valence-corrected chi connectivity index (χ3v) is 9.94. The smallest absolute Gasteiger partial charge is 0.307 e. The average Bonchev–Trinajstić information content (AvgIpc) is 3.06. The zero-order valence-corrected chi connectivity index (χ0v) is 21.7. The van der Waals surface area contributed by atoms with Crippen molar-refractivity contribution in [1.29, 1.82) is 0 Å². The van der Waals surface area contributed by atoms with Gasteiger partial charge in [0.15, 0.2) is 0 Å². The zero-order valence-electron chi connectivity index (χ0n) is 21.7. The van der Waals surface area contributed by atoms with Gasteiger partial charge < -0.3 is 9.84 Å². The second-order valence-electron chi connectivity index (χ2n) is 12.4. The highest BCUT2D eigenvalue weighted by Gasteiger charge is 2.61. The molecule has 8 atom stereocenters. The molecule has 0 aromatic rings. The highest BCUT2D eigenvalue weighted by Crippen LogP contribution is 2.64. The van der Waals surface area contributed by atoms with E-state index in [1.54, 1.807) is 0 Å². The van der Waals surface area contributed by atoms with Gasteiger partial charge in [0, 0.05) is 18.8 Å². The molecule has 3 rings (SSSR count). The van der Waals surface area contributed by atoms with Crippen LogP contribution in [0.25, 0.3) is 0 Å². The first-order chi connectivity index (χ1) is 15.4. The molecule has 0 aromatic heterocycles. The van der Waals surface area contributed by atoms with Crippen LogP contribution in [0.5, 0.6) is 0 Å². The molecule has 6 unspecified atom stereocenters. The van der Waals surface area contributed by atoms with Gasteiger partial charge in [-0.25, -0.2) is 0 Å². The first-order valence-electron chi connectivity index (χ1n) is 13.3. The maximum atomic E-state index is 13.3. The number of esters is 1. The predicted octanol–water partition coefficient (Wildman–Crippen LogP) is 6.28. The Kier molecular flexibility index (Phi) is 8.01. The Hall–Kier alpha value is -1.39. The number of hydrogen-bond acceptors (Lipinski definition) is 4. The quantitative estimate of drug-likeness (QED) is 0.429. The molecule has 3 saturated carbocycles. The molecule has 0 radical (unpaired) electrons. The van der Waals surface area contributed by atoms with Gasteiger partial charge in [-0.3, -0.25) is 14.4 Å². The summed E-state index contributed by atoms with van der Waals surface area (Å²) in [4.78, 5) is 37.4. The maximum absolute atomic E-state index is 13.3. The Labute approximate surface area is 200 Å². The van der Waals surface area contributed by atoms with Crippen LogP contribution in [0.15, 0.2) is 0 Å². The van der Waals surface area contributed by atoms with E-state index in [0.29, 0.717) is 24.7 Å². The lowest BCUT2D eigenvalue weighted by atomic mass is 9.50. The van der Waals surface area contributed by atoms with Crippen molar-refractivity contribution in [2.24, 2.45) is 46.3 Å². The Bertz CT molecular complexity index is 745. The van der Waals surface area contributed by atoms with Gasteiger partial charge in [-0.2, -0.15) is 0 Å². The van der Waals surface area contributed by atoms with Crippen LogP contribution in [0.4, 0.5) is 0 Å². The number of fused-ring (bicyclic) bond motifs is 1. The number of ether oxygens (including phenoxy) is 1. The molecule has 33 heavy (non-hydrogen) atoms. The topological polar surface area (TPSA) is 80.7 Å². The first kappa shape index (κ1) is 26.2. The molecule has 3 aliphatic rings. The molecule has 0 aliphatic heterocycles. The summed E-state index contributed by atoms with van der Waals surface area (Å²) in [5.74, 6) is 0.461. The van der Waals surface area contributed by atoms with Crippen LogP contribution < -0.4 is 0 Å². The van der Waals surface area contributed by atoms with Crippen molar-refractivity contribution in [3.05, 3.63) is 0 Å². The van der Waals surface area contributed by atoms with Gasteiger partial charge in [-0.1, -0.05) is 53.9 Å². The summed E-state index contributed by atoms with van der Waals surface area (Å²) < 4.78 is 5.31. The fraction of sp³-hybridized carbons (Fsp3) is 0.893. The number of hydrogen-bond donors (Lipinski definition) is 1. The Balaban J connectivity index is 1.77. The SMILES string of the molecule is CC(=O)OC1CC[C@@](C)(C2CC[C@@]3(C)C(C(C)CCCC(C)C)CCC3C2C(=O)O)C(=O)C1. The van der Waals surface area contributed by atoms with Crippen molar-refractivity contribution in [3.63, 3.8) is 0 Å². The lowest BCUT2D eigenvalue weighted by Crippen LogP contribution is -2.54. The monoisotopic (exact) mass is 462 g/mol. The Morgan fingerprint density at radius 3 is 2.30 bits per heavy atom. The van der Waals surface area contributed by atoms with Gasteiger partial charge in [-0.05, 0) is 73.5 Å². The zero-order chi connectivity index (χ0) is 24.6. The summed E-state index contributed by atoms with van der Waals surface area (Å²) in [7, 11) is 0. The highest BCUT2D eigenvalue weighted by atomic mass is 16.5. The number of carboxylic acid groups (broad SMARTS) is 1. The second-order valence-corrected chi connectivity index (χ2v) is 12.4. The minimum absolute atomic E-state index is 0.0468. The summed E-state index contributed by atoms with van der Waals surface area (Å²) in [6.07, 6.45) is 8.73. The van der Waals surface area contributed by atoms with E-state index in [9.17, 15) is 19.5 Å². The van der Waals surface area contributed by atoms with E-state index in [-0.39, 0.29) is 41.5 Å². The van der Waals surface area contributed by atoms with Crippen molar-refractivity contribution in [1.82, 2.24) is 0 Å². The van der Waals surface area contributed by atoms with Crippen molar-refractivity contribution in [3.8, 4) is 0 Å².